The second-order valence-corrected chi connectivity index (χ2v) is 35.2. The molecule has 0 spiro atoms. The maximum Gasteiger partial charge on any atom is 0.177 e. The monoisotopic (exact) mass is 316 g/mol. The largest absolute Gasteiger partial charge is 0.415 e. The first-order chi connectivity index (χ1) is 8.43. The van der Waals surface area contributed by atoms with E-state index in [1.807, 2.05) is 0 Å². The van der Waals surface area contributed by atoms with Gasteiger partial charge < -0.3 is 4.43 Å². The molecule has 0 aromatic rings. The van der Waals surface area contributed by atoms with E-state index in [4.69, 9.17) is 4.43 Å². The summed E-state index contributed by atoms with van der Waals surface area (Å²) < 4.78 is 6.95. The van der Waals surface area contributed by atoms with Gasteiger partial charge in [0, 0.05) is 13.2 Å². The van der Waals surface area contributed by atoms with E-state index in [0.717, 1.165) is 5.54 Å². The van der Waals surface area contributed by atoms with Crippen molar-refractivity contribution >= 4 is 22.5 Å². The summed E-state index contributed by atoms with van der Waals surface area (Å²) in [5, 5.41) is 0. The van der Waals surface area contributed by atoms with E-state index in [0.29, 0.717) is 0 Å². The van der Waals surface area contributed by atoms with Gasteiger partial charge in [-0.2, -0.15) is 0 Å². The zero-order valence-corrected chi connectivity index (χ0v) is 17.8. The van der Waals surface area contributed by atoms with E-state index in [1.165, 1.54) is 25.3 Å². The van der Waals surface area contributed by atoms with E-state index in [9.17, 15) is 0 Å². The SMILES string of the molecule is CCCC(CC)[Si]1(C)OC(C)(C)C[Si](C)(C)[Si]1(C)C. The molecule has 1 fully saturated rings. The van der Waals surface area contributed by atoms with Crippen LogP contribution in [-0.2, 0) is 4.43 Å². The minimum atomic E-state index is -1.58. The molecule has 0 saturated carbocycles. The van der Waals surface area contributed by atoms with Crippen LogP contribution in [0.5, 0.6) is 0 Å². The highest BCUT2D eigenvalue weighted by atomic mass is 29.6. The highest BCUT2D eigenvalue weighted by Crippen LogP contribution is 2.50. The van der Waals surface area contributed by atoms with Crippen LogP contribution in [-0.4, -0.2) is 28.1 Å². The summed E-state index contributed by atoms with van der Waals surface area (Å²) in [6.45, 7) is 22.7. The van der Waals surface area contributed by atoms with Gasteiger partial charge in [-0.15, -0.1) is 0 Å². The predicted molar refractivity (Wildman–Crippen MR) is 95.5 cm³/mol. The average Bonchev–Trinajstić information content (AvgIpc) is 2.21. The van der Waals surface area contributed by atoms with Crippen LogP contribution < -0.4 is 0 Å². The number of hydrogen-bond acceptors (Lipinski definition) is 1. The molecule has 0 bridgehead atoms. The molecule has 4 heteroatoms. The van der Waals surface area contributed by atoms with Gasteiger partial charge in [-0.25, -0.2) is 0 Å². The second kappa shape index (κ2) is 5.43. The molecule has 0 aliphatic carbocycles. The molecule has 2 unspecified atom stereocenters. The Balaban J connectivity index is 3.26. The highest BCUT2D eigenvalue weighted by Gasteiger charge is 2.64. The Bertz CT molecular complexity index is 325. The van der Waals surface area contributed by atoms with Crippen LogP contribution >= 0.6 is 0 Å². The quantitative estimate of drug-likeness (QED) is 0.620. The van der Waals surface area contributed by atoms with Crippen molar-refractivity contribution in [2.75, 3.05) is 0 Å². The fourth-order valence-electron chi connectivity index (χ4n) is 4.51. The fourth-order valence-corrected chi connectivity index (χ4v) is 40.4. The molecule has 1 aliphatic heterocycles. The zero-order valence-electron chi connectivity index (χ0n) is 14.8. The van der Waals surface area contributed by atoms with E-state index in [2.05, 4.69) is 60.4 Å². The maximum absolute atomic E-state index is 6.95. The minimum absolute atomic E-state index is 0.139. The van der Waals surface area contributed by atoms with Crippen molar-refractivity contribution in [1.29, 1.82) is 0 Å². The summed E-state index contributed by atoms with van der Waals surface area (Å²) in [6.07, 6.45) is 4.03. The Morgan fingerprint density at radius 1 is 1.05 bits per heavy atom. The van der Waals surface area contributed by atoms with Crippen LogP contribution in [0.15, 0.2) is 0 Å². The van der Waals surface area contributed by atoms with Gasteiger partial charge >= 0.3 is 0 Å². The molecule has 1 nitrogen and oxygen atoms in total. The van der Waals surface area contributed by atoms with Crippen LogP contribution in [0.3, 0.4) is 0 Å². The van der Waals surface area contributed by atoms with Crippen LogP contribution in [0.4, 0.5) is 0 Å². The smallest absolute Gasteiger partial charge is 0.177 e. The minimum Gasteiger partial charge on any atom is -0.415 e. The lowest BCUT2D eigenvalue weighted by Gasteiger charge is -2.61. The Labute approximate surface area is 124 Å². The predicted octanol–water partition coefficient (Wildman–Crippen LogP) is 5.52. The van der Waals surface area contributed by atoms with Crippen molar-refractivity contribution in [3.8, 4) is 0 Å². The Morgan fingerprint density at radius 3 is 2.00 bits per heavy atom. The molecule has 114 valence electrons. The summed E-state index contributed by atoms with van der Waals surface area (Å²) in [5.41, 5.74) is 1.02. The van der Waals surface area contributed by atoms with Gasteiger partial charge in [-0.05, 0) is 32.0 Å². The zero-order chi connectivity index (χ0) is 15.1. The van der Waals surface area contributed by atoms with E-state index in [1.54, 1.807) is 0 Å². The van der Waals surface area contributed by atoms with Crippen LogP contribution in [0.25, 0.3) is 0 Å². The molecule has 1 saturated heterocycles. The van der Waals surface area contributed by atoms with Crippen molar-refractivity contribution in [2.24, 2.45) is 0 Å². The van der Waals surface area contributed by atoms with Gasteiger partial charge in [0.25, 0.3) is 0 Å². The lowest BCUT2D eigenvalue weighted by Crippen LogP contribution is -2.80. The van der Waals surface area contributed by atoms with E-state index in [-0.39, 0.29) is 5.60 Å². The van der Waals surface area contributed by atoms with E-state index < -0.39 is 22.5 Å². The van der Waals surface area contributed by atoms with Gasteiger partial charge in [0.05, 0.1) is 7.11 Å². The lowest BCUT2D eigenvalue weighted by molar-refractivity contribution is 0.115. The van der Waals surface area contributed by atoms with Gasteiger partial charge in [-0.3, -0.25) is 0 Å². The molecule has 19 heavy (non-hydrogen) atoms. The number of rotatable bonds is 4. The molecule has 0 amide bonds. The Hall–Kier alpha value is 0.611. The molecular formula is C15H36OSi3. The maximum atomic E-state index is 6.95. The van der Waals surface area contributed by atoms with Crippen molar-refractivity contribution in [3.05, 3.63) is 0 Å². The van der Waals surface area contributed by atoms with Crippen molar-refractivity contribution in [2.45, 2.75) is 96.9 Å². The first-order valence-electron chi connectivity index (χ1n) is 8.13. The Morgan fingerprint density at radius 2 is 1.58 bits per heavy atom. The highest BCUT2D eigenvalue weighted by molar-refractivity contribution is 7.68. The molecule has 1 aliphatic rings. The lowest BCUT2D eigenvalue weighted by atomic mass is 10.2. The molecule has 0 aromatic carbocycles. The Kier molecular flexibility index (Phi) is 5.05. The van der Waals surface area contributed by atoms with Gasteiger partial charge in [0.15, 0.2) is 7.83 Å². The van der Waals surface area contributed by atoms with Crippen molar-refractivity contribution < 1.29 is 4.43 Å². The summed E-state index contributed by atoms with van der Waals surface area (Å²) in [7, 11) is -3.93. The molecule has 0 aromatic heterocycles. The second-order valence-electron chi connectivity index (χ2n) is 8.55. The van der Waals surface area contributed by atoms with Crippen molar-refractivity contribution in [1.82, 2.24) is 0 Å². The standard InChI is InChI=1S/C15H36OSi3/c1-10-12-14(11-2)19(9)16-15(3,4)13-17(5,6)18(19,7)8/h14H,10-13H2,1-9H3. The third-order valence-corrected chi connectivity index (χ3v) is 47.2. The normalized spacial score (nSPS) is 33.9. The number of hydrogen-bond donors (Lipinski definition) is 0. The fraction of sp³-hybridized carbons (Fsp3) is 1.00. The van der Waals surface area contributed by atoms with Gasteiger partial charge in [-0.1, -0.05) is 59.3 Å². The summed E-state index contributed by atoms with van der Waals surface area (Å²) in [4.78, 5) is 0. The van der Waals surface area contributed by atoms with Crippen molar-refractivity contribution in [3.63, 3.8) is 0 Å². The van der Waals surface area contributed by atoms with Crippen LogP contribution in [0, 0.1) is 0 Å². The average molecular weight is 317 g/mol. The summed E-state index contributed by atoms with van der Waals surface area (Å²) >= 11 is 0. The first kappa shape index (κ1) is 17.7. The molecular weight excluding hydrogens is 280 g/mol. The van der Waals surface area contributed by atoms with E-state index >= 15 is 0 Å². The topological polar surface area (TPSA) is 9.23 Å². The van der Waals surface area contributed by atoms with Crippen LogP contribution in [0.1, 0.15) is 47.0 Å². The third kappa shape index (κ3) is 2.97. The summed E-state index contributed by atoms with van der Waals surface area (Å²) in [6, 6.07) is 1.37. The molecule has 1 heterocycles. The molecule has 0 N–H and O–H groups in total. The van der Waals surface area contributed by atoms with Gasteiger partial charge in [0.2, 0.25) is 0 Å². The summed E-state index contributed by atoms with van der Waals surface area (Å²) in [5.74, 6) is 0. The van der Waals surface area contributed by atoms with Gasteiger partial charge in [0.1, 0.15) is 0 Å². The molecule has 2 atom stereocenters. The third-order valence-electron chi connectivity index (χ3n) is 6.20. The molecule has 0 radical (unpaired) electrons. The first-order valence-corrected chi connectivity index (χ1v) is 18.8. The molecule has 1 rings (SSSR count). The van der Waals surface area contributed by atoms with Crippen LogP contribution in [0.2, 0.25) is 44.3 Å².